The Morgan fingerprint density at radius 1 is 1.00 bits per heavy atom. The predicted molar refractivity (Wildman–Crippen MR) is 104 cm³/mol. The molecule has 2 rings (SSSR count). The molecule has 0 amide bonds. The van der Waals surface area contributed by atoms with E-state index in [1.807, 2.05) is 0 Å². The fraction of sp³-hybridized carbons (Fsp3) is 0.474. The van der Waals surface area contributed by atoms with Crippen LogP contribution in [0.3, 0.4) is 0 Å². The van der Waals surface area contributed by atoms with Crippen molar-refractivity contribution in [1.82, 2.24) is 3.80 Å². The van der Waals surface area contributed by atoms with Gasteiger partial charge in [-0.3, -0.25) is 0 Å². The Hall–Kier alpha value is -0.409. The van der Waals surface area contributed by atoms with Gasteiger partial charge >= 0.3 is 135 Å². The van der Waals surface area contributed by atoms with E-state index in [9.17, 15) is 0 Å². The minimum absolute atomic E-state index is 0.127. The van der Waals surface area contributed by atoms with Crippen LogP contribution in [-0.4, -0.2) is 13.6 Å². The molecule has 0 bridgehead atoms. The third-order valence-electron chi connectivity index (χ3n) is 4.85. The van der Waals surface area contributed by atoms with Gasteiger partial charge < -0.3 is 0 Å². The van der Waals surface area contributed by atoms with Gasteiger partial charge in [0.2, 0.25) is 0 Å². The summed E-state index contributed by atoms with van der Waals surface area (Å²) in [6.45, 7) is 6.90. The van der Waals surface area contributed by atoms with Crippen molar-refractivity contribution in [3.05, 3.63) is 54.1 Å². The maximum absolute atomic E-state index is 4.18. The van der Waals surface area contributed by atoms with Crippen LogP contribution in [0.5, 0.6) is 0 Å². The average Bonchev–Trinajstić information content (AvgIpc) is 2.75. The third kappa shape index (κ3) is 3.91. The number of rotatable bonds is 3. The maximum atomic E-state index is 4.18. The summed E-state index contributed by atoms with van der Waals surface area (Å²) in [6, 6.07) is 10.7. The van der Waals surface area contributed by atoms with Gasteiger partial charge in [0.15, 0.2) is 0 Å². The summed E-state index contributed by atoms with van der Waals surface area (Å²) in [5, 5.41) is 10.3. The van der Waals surface area contributed by atoms with E-state index in [1.165, 1.54) is 19.2 Å². The van der Waals surface area contributed by atoms with Crippen LogP contribution in [0.25, 0.3) is 5.57 Å². The molecule has 0 saturated carbocycles. The van der Waals surface area contributed by atoms with E-state index in [1.54, 1.807) is 0 Å². The van der Waals surface area contributed by atoms with Crippen molar-refractivity contribution in [2.75, 3.05) is 0 Å². The van der Waals surface area contributed by atoms with E-state index < -0.39 is 12.3 Å². The van der Waals surface area contributed by atoms with Gasteiger partial charge in [-0.2, -0.15) is 0 Å². The summed E-state index contributed by atoms with van der Waals surface area (Å²) in [4.78, 5) is 0. The van der Waals surface area contributed by atoms with Crippen LogP contribution in [0.15, 0.2) is 48.6 Å². The first-order valence-corrected chi connectivity index (χ1v) is 22.1. The zero-order chi connectivity index (χ0) is 17.0. The van der Waals surface area contributed by atoms with Gasteiger partial charge in [0, 0.05) is 0 Å². The first-order valence-electron chi connectivity index (χ1n) is 8.53. The van der Waals surface area contributed by atoms with E-state index >= 15 is 0 Å². The zero-order valence-corrected chi connectivity index (χ0v) is 19.3. The molecular weight excluding hydrogens is 318 g/mol. The molecule has 1 nitrogen and oxygen atoms in total. The summed E-state index contributed by atoms with van der Waals surface area (Å²) < 4.78 is 4.70. The fourth-order valence-corrected chi connectivity index (χ4v) is 19.4. The molecule has 0 fully saturated rings. The molecule has 0 saturated heterocycles. The van der Waals surface area contributed by atoms with Crippen molar-refractivity contribution >= 4 is 13.7 Å². The van der Waals surface area contributed by atoms with E-state index in [2.05, 4.69) is 94.0 Å². The van der Waals surface area contributed by atoms with Crippen LogP contribution in [0.1, 0.15) is 26.3 Å². The number of hydrogen-bond donors (Lipinski definition) is 1. The van der Waals surface area contributed by atoms with Crippen molar-refractivity contribution in [2.45, 2.75) is 51.4 Å². The van der Waals surface area contributed by atoms with Gasteiger partial charge in [-0.15, -0.1) is 0 Å². The van der Waals surface area contributed by atoms with Crippen LogP contribution < -0.4 is 3.80 Å². The van der Waals surface area contributed by atoms with Gasteiger partial charge in [0.05, 0.1) is 0 Å². The molecule has 22 heavy (non-hydrogen) atoms. The van der Waals surface area contributed by atoms with Crippen LogP contribution in [0.4, 0.5) is 0 Å². The molecule has 0 radical (unpaired) electrons. The number of benzene rings is 1. The van der Waals surface area contributed by atoms with Crippen molar-refractivity contribution in [1.29, 1.82) is 0 Å². The van der Waals surface area contributed by atoms with E-state index in [4.69, 9.17) is 0 Å². The van der Waals surface area contributed by atoms with Crippen molar-refractivity contribution in [3.8, 4) is 0 Å². The molecule has 1 unspecified atom stereocenters. The second kappa shape index (κ2) is 3.97. The molecule has 1 aliphatic rings. The first kappa shape index (κ1) is 17.9. The van der Waals surface area contributed by atoms with Crippen LogP contribution in [-0.2, 0) is 12.3 Å². The van der Waals surface area contributed by atoms with E-state index in [0.717, 1.165) is 0 Å². The van der Waals surface area contributed by atoms with Crippen molar-refractivity contribution < 1.29 is 12.3 Å². The molecule has 0 heterocycles. The van der Waals surface area contributed by atoms with E-state index in [-0.39, 0.29) is 5.54 Å². The zero-order valence-electron chi connectivity index (χ0n) is 15.7. The average molecular weight is 352 g/mol. The molecule has 123 valence electrons. The standard InChI is InChI=1S/C11H9.C4H10N.4CH3.H3Si.Ti/c1-2-6-10(7-3-1)11-8-4-5-9-11;1-4(2,3)5;;;;;;/h1-9H;5H,1-3H3;5*1H3;/q;-1;;;;;;+1. The molecular formula is C19H34NSiTi. The summed E-state index contributed by atoms with van der Waals surface area (Å²) in [7, 11) is 1.17. The van der Waals surface area contributed by atoms with Crippen LogP contribution in [0, 0.1) is 0 Å². The fourth-order valence-electron chi connectivity index (χ4n) is 4.50. The predicted octanol–water partition coefficient (Wildman–Crippen LogP) is 4.97. The monoisotopic (exact) mass is 352 g/mol. The molecule has 0 aliphatic heterocycles. The van der Waals surface area contributed by atoms with Gasteiger partial charge in [-0.05, 0) is 0 Å². The molecule has 1 aromatic carbocycles. The summed E-state index contributed by atoms with van der Waals surface area (Å²) >= 11 is -3.78. The normalized spacial score (nSPS) is 24.2. The molecule has 0 spiro atoms. The number of hydrogen-bond acceptors (Lipinski definition) is 1. The molecule has 0 aromatic heterocycles. The summed E-state index contributed by atoms with van der Waals surface area (Å²) in [5.74, 6) is 0. The number of allylic oxidation sites excluding steroid dienone is 4. The molecule has 1 aliphatic carbocycles. The van der Waals surface area contributed by atoms with Gasteiger partial charge in [0.25, 0.3) is 0 Å². The Kier molecular flexibility index (Phi) is 3.24. The Balaban J connectivity index is 2.52. The number of nitrogens with one attached hydrogen (secondary N) is 1. The van der Waals surface area contributed by atoms with E-state index in [0.29, 0.717) is 4.22 Å². The van der Waals surface area contributed by atoms with Gasteiger partial charge in [-0.25, -0.2) is 0 Å². The van der Waals surface area contributed by atoms with Gasteiger partial charge in [0.1, 0.15) is 0 Å². The minimum atomic E-state index is -3.78. The quantitative estimate of drug-likeness (QED) is 0.758. The summed E-state index contributed by atoms with van der Waals surface area (Å²) in [5.41, 5.74) is 2.82. The van der Waals surface area contributed by atoms with Crippen molar-refractivity contribution in [3.63, 3.8) is 0 Å². The molecule has 3 heteroatoms. The van der Waals surface area contributed by atoms with Crippen LogP contribution in [0.2, 0.25) is 25.1 Å². The second-order valence-electron chi connectivity index (χ2n) is 13.1. The molecule has 1 N–H and O–H groups in total. The Morgan fingerprint density at radius 3 is 2.05 bits per heavy atom. The molecule has 1 atom stereocenters. The Bertz CT molecular complexity index is 662. The molecule has 1 aromatic rings. The third-order valence-corrected chi connectivity index (χ3v) is 18.3. The van der Waals surface area contributed by atoms with Crippen LogP contribution >= 0.6 is 0 Å². The second-order valence-corrected chi connectivity index (χ2v) is 59.9. The van der Waals surface area contributed by atoms with Crippen molar-refractivity contribution in [2.24, 2.45) is 0 Å². The summed E-state index contributed by atoms with van der Waals surface area (Å²) in [6.07, 6.45) is 7.28. The Morgan fingerprint density at radius 2 is 1.55 bits per heavy atom. The Labute approximate surface area is 135 Å². The SMILES string of the molecule is CC(C)(C)[NH][Ti]([CH3])([CH3])([CH3])([CH3])([SiH3])[CH]1C=CC(c2ccccc2)=C1. The van der Waals surface area contributed by atoms with Gasteiger partial charge in [-0.1, -0.05) is 0 Å². The first-order chi connectivity index (χ1) is 9.51. The topological polar surface area (TPSA) is 12.0 Å².